The van der Waals surface area contributed by atoms with E-state index in [0.717, 1.165) is 0 Å². The second-order valence-corrected chi connectivity index (χ2v) is 10.9. The van der Waals surface area contributed by atoms with Gasteiger partial charge in [0.25, 0.3) is 0 Å². The maximum atomic E-state index is 13.8. The molecule has 5 rings (SSSR count). The zero-order valence-corrected chi connectivity index (χ0v) is 19.3. The van der Waals surface area contributed by atoms with Gasteiger partial charge in [-0.3, -0.25) is 9.59 Å². The second kappa shape index (κ2) is 5.84. The van der Waals surface area contributed by atoms with E-state index in [1.54, 1.807) is 12.1 Å². The highest BCUT2D eigenvalue weighted by Crippen LogP contribution is 2.90. The van der Waals surface area contributed by atoms with Gasteiger partial charge < -0.3 is 30.6 Å². The van der Waals surface area contributed by atoms with Crippen LogP contribution in [0.2, 0.25) is 0 Å². The average molecular weight is 469 g/mol. The van der Waals surface area contributed by atoms with Crippen LogP contribution >= 0.6 is 0 Å². The predicted molar refractivity (Wildman–Crippen MR) is 119 cm³/mol. The topological polar surface area (TPSA) is 156 Å². The van der Waals surface area contributed by atoms with Crippen molar-refractivity contribution in [2.45, 2.75) is 61.3 Å². The molecule has 0 aliphatic heterocycles. The molecule has 3 saturated carbocycles. The molecule has 0 unspecified atom stereocenters. The summed E-state index contributed by atoms with van der Waals surface area (Å²) in [5, 5.41) is 71.7. The van der Waals surface area contributed by atoms with Crippen LogP contribution in [0.15, 0.2) is 60.7 Å². The summed E-state index contributed by atoms with van der Waals surface area (Å²) >= 11 is 0. The van der Waals surface area contributed by atoms with Gasteiger partial charge in [-0.25, -0.2) is 0 Å². The van der Waals surface area contributed by atoms with Gasteiger partial charge in [0.15, 0.2) is 11.2 Å². The molecule has 0 heterocycles. The molecule has 6 atom stereocenters. The minimum atomic E-state index is -3.18. The molecule has 3 aliphatic rings. The summed E-state index contributed by atoms with van der Waals surface area (Å²) in [6.45, 7) is 5.02. The molecule has 0 spiro atoms. The van der Waals surface area contributed by atoms with Gasteiger partial charge in [0, 0.05) is 22.0 Å². The Bertz CT molecular complexity index is 1100. The number of carbonyl (C=O) groups excluding carboxylic acids is 2. The van der Waals surface area contributed by atoms with E-state index in [4.69, 9.17) is 0 Å². The Kier molecular flexibility index (Phi) is 4.00. The van der Waals surface area contributed by atoms with E-state index in [-0.39, 0.29) is 11.1 Å². The first-order valence-corrected chi connectivity index (χ1v) is 11.1. The zero-order chi connectivity index (χ0) is 25.4. The largest absolute Gasteiger partial charge is 0.382 e. The van der Waals surface area contributed by atoms with Crippen LogP contribution in [0.1, 0.15) is 48.4 Å². The van der Waals surface area contributed by atoms with Crippen LogP contribution in [-0.2, 0) is 0 Å². The predicted octanol–water partition coefficient (Wildman–Crippen LogP) is 0.232. The molecule has 0 aromatic heterocycles. The summed E-state index contributed by atoms with van der Waals surface area (Å²) in [6, 6.07) is 14.7. The van der Waals surface area contributed by atoms with Crippen LogP contribution in [0.4, 0.5) is 0 Å². The lowest BCUT2D eigenvalue weighted by molar-refractivity contribution is -0.270. The molecule has 2 aromatic carbocycles. The fourth-order valence-electron chi connectivity index (χ4n) is 7.29. The zero-order valence-electron chi connectivity index (χ0n) is 19.3. The van der Waals surface area contributed by atoms with Gasteiger partial charge in [-0.15, -0.1) is 0 Å². The van der Waals surface area contributed by atoms with Crippen molar-refractivity contribution in [3.63, 3.8) is 0 Å². The van der Waals surface area contributed by atoms with E-state index in [2.05, 4.69) is 0 Å². The summed E-state index contributed by atoms with van der Waals surface area (Å²) < 4.78 is 0. The van der Waals surface area contributed by atoms with E-state index >= 15 is 0 Å². The summed E-state index contributed by atoms with van der Waals surface area (Å²) in [5.41, 5.74) is -22.0. The second-order valence-electron chi connectivity index (χ2n) is 10.9. The average Bonchev–Trinajstić information content (AvgIpc) is 3.41. The summed E-state index contributed by atoms with van der Waals surface area (Å²) in [6.07, 6.45) is 0. The molecule has 0 radical (unpaired) electrons. The Labute approximate surface area is 196 Å². The van der Waals surface area contributed by atoms with Crippen LogP contribution in [0, 0.1) is 10.8 Å². The molecular weight excluding hydrogens is 440 g/mol. The fraction of sp³-hybridized carbons (Fsp3) is 0.462. The van der Waals surface area contributed by atoms with Crippen LogP contribution in [0.5, 0.6) is 0 Å². The molecule has 0 amide bonds. The number of benzene rings is 2. The number of rotatable bonds is 4. The van der Waals surface area contributed by atoms with Crippen LogP contribution < -0.4 is 0 Å². The molecule has 180 valence electrons. The lowest BCUT2D eigenvalue weighted by Crippen LogP contribution is -2.80. The molecular formula is C26H28O8. The molecule has 6 N–H and O–H groups in total. The molecule has 2 aromatic rings. The highest BCUT2D eigenvalue weighted by atomic mass is 16.5. The van der Waals surface area contributed by atoms with Gasteiger partial charge in [0.1, 0.15) is 22.4 Å². The minimum absolute atomic E-state index is 0.0956. The standard InChI is InChI=1S/C26H28O8/c1-19(2)23(31)21(29,17(27)15-11-7-5-8-12-15)25(33)20(3,4)26(25,34)22(30,24(19,23)32)18(28)16-13-9-6-10-14-16/h5-14,29-34H,1-4H3/t21-,22-,23-,24-,25-,26+/m0/s1. The van der Waals surface area contributed by atoms with Crippen molar-refractivity contribution >= 4 is 11.6 Å². The van der Waals surface area contributed by atoms with E-state index in [1.165, 1.54) is 76.2 Å². The lowest BCUT2D eigenvalue weighted by atomic mass is 9.63. The third-order valence-corrected chi connectivity index (χ3v) is 9.36. The summed E-state index contributed by atoms with van der Waals surface area (Å²) in [7, 11) is 0. The Morgan fingerprint density at radius 2 is 0.735 bits per heavy atom. The number of hydrogen-bond donors (Lipinski definition) is 6. The van der Waals surface area contributed by atoms with Crippen molar-refractivity contribution in [2.24, 2.45) is 10.8 Å². The Morgan fingerprint density at radius 3 is 0.971 bits per heavy atom. The van der Waals surface area contributed by atoms with Crippen molar-refractivity contribution in [2.75, 3.05) is 0 Å². The van der Waals surface area contributed by atoms with Gasteiger partial charge in [-0.1, -0.05) is 88.4 Å². The number of aliphatic hydroxyl groups is 6. The normalized spacial score (nSPS) is 45.0. The van der Waals surface area contributed by atoms with Crippen molar-refractivity contribution in [1.29, 1.82) is 0 Å². The first-order valence-electron chi connectivity index (χ1n) is 11.1. The number of Topliss-reactive ketones (excluding diaryl/α,β-unsaturated/α-hetero) is 2. The van der Waals surface area contributed by atoms with Crippen molar-refractivity contribution in [1.82, 2.24) is 0 Å². The van der Waals surface area contributed by atoms with E-state index in [0.29, 0.717) is 0 Å². The minimum Gasteiger partial charge on any atom is -0.382 e. The van der Waals surface area contributed by atoms with Gasteiger partial charge in [0.05, 0.1) is 0 Å². The highest BCUT2D eigenvalue weighted by molar-refractivity contribution is 6.12. The Hall–Kier alpha value is -2.46. The molecule has 0 saturated heterocycles. The molecule has 3 fully saturated rings. The van der Waals surface area contributed by atoms with Gasteiger partial charge >= 0.3 is 0 Å². The van der Waals surface area contributed by atoms with E-state index in [1.807, 2.05) is 0 Å². The highest BCUT2D eigenvalue weighted by Gasteiger charge is 3.14. The van der Waals surface area contributed by atoms with Crippen molar-refractivity contribution in [3.05, 3.63) is 71.8 Å². The van der Waals surface area contributed by atoms with E-state index < -0.39 is 56.0 Å². The van der Waals surface area contributed by atoms with Gasteiger partial charge in [-0.05, 0) is 0 Å². The number of ketones is 2. The SMILES string of the molecule is CC1(C)[C@@]2(O)[C@](O)(C(=O)c3ccccc3)[C@@]3(O)C(C)(C)[C@]3(O)[C@@](O)(C(=O)c3ccccc3)[C@@]12O. The maximum Gasteiger partial charge on any atom is 0.200 e. The summed E-state index contributed by atoms with van der Waals surface area (Å²) in [5.74, 6) is -2.30. The Morgan fingerprint density at radius 1 is 0.500 bits per heavy atom. The van der Waals surface area contributed by atoms with Crippen LogP contribution in [-0.4, -0.2) is 75.8 Å². The number of carbonyl (C=O) groups is 2. The number of hydrogen-bond acceptors (Lipinski definition) is 8. The first-order chi connectivity index (χ1) is 15.5. The molecule has 3 aliphatic carbocycles. The fourth-order valence-corrected chi connectivity index (χ4v) is 7.29. The van der Waals surface area contributed by atoms with Gasteiger partial charge in [0.2, 0.25) is 11.6 Å². The van der Waals surface area contributed by atoms with Crippen LogP contribution in [0.25, 0.3) is 0 Å². The van der Waals surface area contributed by atoms with Gasteiger partial charge in [-0.2, -0.15) is 0 Å². The maximum absolute atomic E-state index is 13.8. The quantitative estimate of drug-likeness (QED) is 0.349. The summed E-state index contributed by atoms with van der Waals surface area (Å²) in [4.78, 5) is 27.5. The van der Waals surface area contributed by atoms with E-state index in [9.17, 15) is 40.2 Å². The third-order valence-electron chi connectivity index (χ3n) is 9.36. The van der Waals surface area contributed by atoms with Crippen LogP contribution in [0.3, 0.4) is 0 Å². The van der Waals surface area contributed by atoms with Crippen molar-refractivity contribution in [3.8, 4) is 0 Å². The first kappa shape index (κ1) is 23.3. The molecule has 0 bridgehead atoms. The monoisotopic (exact) mass is 468 g/mol. The Balaban J connectivity index is 1.84. The molecule has 34 heavy (non-hydrogen) atoms. The number of fused-ring (bicyclic) bond motifs is 2. The molecule has 8 nitrogen and oxygen atoms in total. The van der Waals surface area contributed by atoms with Crippen molar-refractivity contribution < 1.29 is 40.2 Å². The molecule has 8 heteroatoms. The lowest BCUT2D eigenvalue weighted by Gasteiger charge is -2.50. The smallest absolute Gasteiger partial charge is 0.200 e. The third kappa shape index (κ3) is 1.68.